The van der Waals surface area contributed by atoms with E-state index in [1.807, 2.05) is 23.6 Å². The second-order valence-corrected chi connectivity index (χ2v) is 10.1. The van der Waals surface area contributed by atoms with Crippen molar-refractivity contribution in [1.82, 2.24) is 25.3 Å². The minimum absolute atomic E-state index is 0.0617. The van der Waals surface area contributed by atoms with Crippen LogP contribution in [0.3, 0.4) is 0 Å². The number of nitrogens with one attached hydrogen (secondary N) is 1. The summed E-state index contributed by atoms with van der Waals surface area (Å²) in [5, 5.41) is 9.76. The lowest BCUT2D eigenvalue weighted by atomic mass is 10.2. The van der Waals surface area contributed by atoms with Crippen molar-refractivity contribution in [3.63, 3.8) is 0 Å². The quantitative estimate of drug-likeness (QED) is 0.453. The molecule has 1 N–H and O–H groups in total. The van der Waals surface area contributed by atoms with Crippen LogP contribution in [0.1, 0.15) is 11.5 Å². The summed E-state index contributed by atoms with van der Waals surface area (Å²) in [6.45, 7) is 5.12. The number of morpholine rings is 1. The number of benzene rings is 1. The van der Waals surface area contributed by atoms with Crippen LogP contribution in [0, 0.1) is 6.92 Å². The summed E-state index contributed by atoms with van der Waals surface area (Å²) in [6.07, 6.45) is -0.0617. The van der Waals surface area contributed by atoms with E-state index in [9.17, 15) is 4.79 Å². The number of ether oxygens (including phenoxy) is 1. The lowest BCUT2D eigenvalue weighted by Crippen LogP contribution is -2.47. The van der Waals surface area contributed by atoms with E-state index in [4.69, 9.17) is 32.5 Å². The fraction of sp³-hybridized carbons (Fsp3) is 0.400. The van der Waals surface area contributed by atoms with Gasteiger partial charge in [-0.1, -0.05) is 46.2 Å². The van der Waals surface area contributed by atoms with Crippen molar-refractivity contribution in [2.75, 3.05) is 32.0 Å². The molecule has 3 heterocycles. The third-order valence-electron chi connectivity index (χ3n) is 4.71. The zero-order valence-electron chi connectivity index (χ0n) is 17.2. The van der Waals surface area contributed by atoms with Gasteiger partial charge in [0.1, 0.15) is 5.69 Å². The molecule has 0 saturated carbocycles. The van der Waals surface area contributed by atoms with Gasteiger partial charge in [-0.3, -0.25) is 9.69 Å². The summed E-state index contributed by atoms with van der Waals surface area (Å²) >= 11 is 14.9. The molecule has 0 radical (unpaired) electrons. The van der Waals surface area contributed by atoms with Gasteiger partial charge in [-0.15, -0.1) is 11.3 Å². The van der Waals surface area contributed by atoms with Crippen LogP contribution in [0.4, 0.5) is 0 Å². The number of nitrogens with zero attached hydrogens (tertiary/aromatic N) is 4. The predicted molar refractivity (Wildman–Crippen MR) is 125 cm³/mol. The van der Waals surface area contributed by atoms with E-state index in [0.29, 0.717) is 40.6 Å². The van der Waals surface area contributed by atoms with Crippen molar-refractivity contribution in [3.05, 3.63) is 45.1 Å². The largest absolute Gasteiger partial charge is 0.374 e. The highest BCUT2D eigenvalue weighted by atomic mass is 35.5. The topological polar surface area (TPSA) is 93.4 Å². The van der Waals surface area contributed by atoms with Crippen molar-refractivity contribution >= 4 is 52.2 Å². The zero-order chi connectivity index (χ0) is 22.5. The molecule has 3 aromatic rings. The summed E-state index contributed by atoms with van der Waals surface area (Å²) < 4.78 is 11.6. The molecule has 0 bridgehead atoms. The van der Waals surface area contributed by atoms with Crippen LogP contribution < -0.4 is 5.32 Å². The molecule has 12 heteroatoms. The highest BCUT2D eigenvalue weighted by Gasteiger charge is 2.21. The van der Waals surface area contributed by atoms with Crippen LogP contribution >= 0.6 is 46.3 Å². The molecule has 1 atom stereocenters. The van der Waals surface area contributed by atoms with Gasteiger partial charge in [0.05, 0.1) is 28.5 Å². The molecular weight excluding hydrogens is 493 g/mol. The van der Waals surface area contributed by atoms with E-state index < -0.39 is 0 Å². The third-order valence-corrected chi connectivity index (χ3v) is 7.47. The fourth-order valence-corrected chi connectivity index (χ4v) is 5.13. The van der Waals surface area contributed by atoms with Gasteiger partial charge in [0.25, 0.3) is 0 Å². The number of thiazole rings is 1. The minimum Gasteiger partial charge on any atom is -0.374 e. The average Bonchev–Trinajstić information content (AvgIpc) is 3.42. The van der Waals surface area contributed by atoms with Crippen LogP contribution in [0.15, 0.2) is 32.4 Å². The van der Waals surface area contributed by atoms with Crippen LogP contribution in [0.2, 0.25) is 10.0 Å². The molecule has 1 aliphatic rings. The summed E-state index contributed by atoms with van der Waals surface area (Å²) in [6, 6.07) is 5.67. The highest BCUT2D eigenvalue weighted by Crippen LogP contribution is 2.27. The molecule has 4 rings (SSSR count). The molecule has 1 aliphatic heterocycles. The molecule has 1 saturated heterocycles. The Hall–Kier alpha value is -1.69. The smallest absolute Gasteiger partial charge is 0.230 e. The van der Waals surface area contributed by atoms with E-state index in [2.05, 4.69) is 25.3 Å². The Kier molecular flexibility index (Phi) is 8.03. The van der Waals surface area contributed by atoms with Gasteiger partial charge in [0, 0.05) is 38.5 Å². The molecule has 0 spiro atoms. The van der Waals surface area contributed by atoms with Gasteiger partial charge >= 0.3 is 0 Å². The van der Waals surface area contributed by atoms with Crippen molar-refractivity contribution in [2.24, 2.45) is 0 Å². The predicted octanol–water partition coefficient (Wildman–Crippen LogP) is 3.92. The monoisotopic (exact) mass is 513 g/mol. The summed E-state index contributed by atoms with van der Waals surface area (Å²) in [7, 11) is 0. The van der Waals surface area contributed by atoms with Crippen molar-refractivity contribution in [1.29, 1.82) is 0 Å². The zero-order valence-corrected chi connectivity index (χ0v) is 20.4. The maximum Gasteiger partial charge on any atom is 0.230 e. The Labute approximate surface area is 203 Å². The van der Waals surface area contributed by atoms with Gasteiger partial charge in [0.2, 0.25) is 17.6 Å². The summed E-state index contributed by atoms with van der Waals surface area (Å²) in [4.78, 5) is 23.2. The molecule has 8 nitrogen and oxygen atoms in total. The first-order valence-corrected chi connectivity index (χ1v) is 12.5. The number of thioether (sulfide) groups is 1. The number of hydrogen-bond acceptors (Lipinski definition) is 9. The second-order valence-electron chi connectivity index (χ2n) is 7.20. The highest BCUT2D eigenvalue weighted by molar-refractivity contribution is 8.01. The second kappa shape index (κ2) is 11.0. The summed E-state index contributed by atoms with van der Waals surface area (Å²) in [5.74, 6) is 1.15. The molecule has 1 amide bonds. The molecular formula is C20H21Cl2N5O3S2. The molecule has 0 aliphatic carbocycles. The molecule has 32 heavy (non-hydrogen) atoms. The van der Waals surface area contributed by atoms with Crippen molar-refractivity contribution < 1.29 is 14.1 Å². The number of amides is 1. The van der Waals surface area contributed by atoms with E-state index in [0.717, 1.165) is 29.5 Å². The van der Waals surface area contributed by atoms with E-state index >= 15 is 0 Å². The maximum atomic E-state index is 12.3. The normalized spacial score (nSPS) is 16.9. The first-order valence-electron chi connectivity index (χ1n) is 9.90. The Morgan fingerprint density at radius 1 is 1.34 bits per heavy atom. The van der Waals surface area contributed by atoms with Gasteiger partial charge in [-0.05, 0) is 17.7 Å². The fourth-order valence-electron chi connectivity index (χ4n) is 3.18. The molecule has 1 aromatic carbocycles. The van der Waals surface area contributed by atoms with Gasteiger partial charge in [-0.2, -0.15) is 4.98 Å². The SMILES string of the molecule is Cc1nc(-c2csc(SCC(=O)NC[C@H]3CN(Cc4ccc(Cl)c(Cl)c4)CCO3)n2)no1. The first kappa shape index (κ1) is 23.5. The molecule has 2 aromatic heterocycles. The van der Waals surface area contributed by atoms with Crippen LogP contribution in [0.25, 0.3) is 11.5 Å². The number of rotatable bonds is 8. The van der Waals surface area contributed by atoms with Crippen molar-refractivity contribution in [2.45, 2.75) is 23.9 Å². The van der Waals surface area contributed by atoms with Crippen LogP contribution in [-0.4, -0.2) is 64.0 Å². The van der Waals surface area contributed by atoms with E-state index in [1.54, 1.807) is 6.92 Å². The first-order chi connectivity index (χ1) is 15.5. The van der Waals surface area contributed by atoms with Crippen LogP contribution in [0.5, 0.6) is 0 Å². The van der Waals surface area contributed by atoms with E-state index in [-0.39, 0.29) is 17.8 Å². The lowest BCUT2D eigenvalue weighted by Gasteiger charge is -2.33. The van der Waals surface area contributed by atoms with Crippen molar-refractivity contribution in [3.8, 4) is 11.5 Å². The lowest BCUT2D eigenvalue weighted by molar-refractivity contribution is -0.119. The maximum absolute atomic E-state index is 12.3. The standard InChI is InChI=1S/C20H21Cl2N5O3S2/c1-12-24-19(26-30-12)17-10-31-20(25-17)32-11-18(28)23-7-14-9-27(4-5-29-14)8-13-2-3-15(21)16(22)6-13/h2-3,6,10,14H,4-5,7-9,11H2,1H3,(H,23,28)/t14-/m0/s1. The number of aryl methyl sites for hydroxylation is 1. The average molecular weight is 514 g/mol. The minimum atomic E-state index is -0.0626. The Morgan fingerprint density at radius 2 is 2.22 bits per heavy atom. The third kappa shape index (κ3) is 6.43. The number of halogens is 2. The Morgan fingerprint density at radius 3 is 3.00 bits per heavy atom. The molecule has 1 fully saturated rings. The van der Waals surface area contributed by atoms with Gasteiger partial charge in [0.15, 0.2) is 4.34 Å². The summed E-state index contributed by atoms with van der Waals surface area (Å²) in [5.41, 5.74) is 1.74. The van der Waals surface area contributed by atoms with E-state index in [1.165, 1.54) is 23.1 Å². The number of aromatic nitrogens is 3. The Bertz CT molecular complexity index is 1080. The Balaban J connectivity index is 1.20. The number of hydrogen-bond donors (Lipinski definition) is 1. The molecule has 170 valence electrons. The molecule has 0 unspecified atom stereocenters. The number of carbonyl (C=O) groups is 1. The van der Waals surface area contributed by atoms with Gasteiger partial charge < -0.3 is 14.6 Å². The van der Waals surface area contributed by atoms with Crippen LogP contribution in [-0.2, 0) is 16.1 Å². The van der Waals surface area contributed by atoms with Gasteiger partial charge in [-0.25, -0.2) is 4.98 Å². The number of carbonyl (C=O) groups excluding carboxylic acids is 1.